The van der Waals surface area contributed by atoms with Crippen molar-refractivity contribution >= 4 is 7.82 Å². The smallest absolute Gasteiger partial charge is 0.460 e. The van der Waals surface area contributed by atoms with Crippen molar-refractivity contribution in [2.24, 2.45) is 0 Å². The number of alkyl halides is 34. The molecule has 0 aliphatic rings. The third-order valence-corrected chi connectivity index (χ3v) is 11.0. The lowest BCUT2D eigenvalue weighted by atomic mass is 9.88. The van der Waals surface area contributed by atoms with Crippen molar-refractivity contribution in [2.45, 2.75) is 153 Å². The van der Waals surface area contributed by atoms with Crippen LogP contribution in [0.2, 0.25) is 0 Å². The fraction of sp³-hybridized carbons (Fsp3) is 1.00. The second-order valence-corrected chi connectivity index (χ2v) is 18.5. The lowest BCUT2D eigenvalue weighted by Gasteiger charge is -2.42. The lowest BCUT2D eigenvalue weighted by Crippen LogP contribution is -2.74. The summed E-state index contributed by atoms with van der Waals surface area (Å²) in [5.74, 6) is -116. The zero-order valence-electron chi connectivity index (χ0n) is 37.7. The molecule has 0 N–H and O–H groups in total. The molecule has 2 unspecified atom stereocenters. The number of hydrogen-bond donors (Lipinski definition) is 0. The molecule has 0 rings (SSSR count). The highest BCUT2D eigenvalue weighted by Gasteiger charge is 2.97. The highest BCUT2D eigenvalue weighted by Crippen LogP contribution is 2.66. The highest BCUT2D eigenvalue weighted by molar-refractivity contribution is 7.45. The van der Waals surface area contributed by atoms with Gasteiger partial charge in [0.25, 0.3) is 7.82 Å². The van der Waals surface area contributed by atoms with E-state index >= 15 is 0 Å². The molecule has 7 nitrogen and oxygen atoms in total. The van der Waals surface area contributed by atoms with E-state index in [1.165, 1.54) is 21.1 Å². The summed E-state index contributed by atoms with van der Waals surface area (Å²) < 4.78 is 490. The van der Waals surface area contributed by atoms with E-state index in [0.29, 0.717) is 0 Å². The third kappa shape index (κ3) is 14.2. The van der Waals surface area contributed by atoms with Crippen molar-refractivity contribution in [1.29, 1.82) is 0 Å². The first-order chi connectivity index (χ1) is 33.0. The molecule has 0 aromatic carbocycles. The minimum atomic E-state index is -8.86. The Bertz CT molecular complexity index is 1900. The van der Waals surface area contributed by atoms with E-state index in [0.717, 1.165) is 0 Å². The summed E-state index contributed by atoms with van der Waals surface area (Å²) >= 11 is 0. The summed E-state index contributed by atoms with van der Waals surface area (Å²) in [6.45, 7) is -4.77. The average Bonchev–Trinajstić information content (AvgIpc) is 3.20. The average molecular weight is 1230 g/mol. The predicted octanol–water partition coefficient (Wildman–Crippen LogP) is 13.7. The van der Waals surface area contributed by atoms with Crippen molar-refractivity contribution in [2.75, 3.05) is 60.7 Å². The highest BCUT2D eigenvalue weighted by atomic mass is 31.2. The summed E-state index contributed by atoms with van der Waals surface area (Å²) in [5, 5.41) is 0. The summed E-state index contributed by atoms with van der Waals surface area (Å²) in [6.07, 6.45) is -30.3. The number of ether oxygens (including phenoxy) is 2. The van der Waals surface area contributed by atoms with Crippen LogP contribution in [0.4, 0.5) is 149 Å². The van der Waals surface area contributed by atoms with Crippen molar-refractivity contribution < 1.29 is 182 Å². The maximum Gasteiger partial charge on any atom is 0.460 e. The van der Waals surface area contributed by atoms with Crippen LogP contribution in [0.15, 0.2) is 0 Å². The summed E-state index contributed by atoms with van der Waals surface area (Å²) in [4.78, 5) is 12.2. The molecule has 0 saturated carbocycles. The maximum atomic E-state index is 14.2. The van der Waals surface area contributed by atoms with E-state index in [9.17, 15) is 159 Å². The number of nitrogens with zero attached hydrogens (tertiary/aromatic N) is 1. The van der Waals surface area contributed by atoms with Crippen LogP contribution in [0, 0.1) is 0 Å². The standard InChI is InChI=1S/C34H38F34NO6P/c1-69(2,3)12-15-74-76(70,71)75-17-18(73-14-9-5-7-11-20(37,38)22(41,42)24(45,46)26(49,50)28(53,54)30(57,58)32(61,62)34(66,67)68)16-72-13-8-4-6-10-19(35,36)21(39,40)23(43,44)25(47,48)27(51,52)29(55,56)31(59,60)33(63,64)65/h18H,4-17H2,1-3H3. The van der Waals surface area contributed by atoms with E-state index in [4.69, 9.17) is 9.47 Å². The molecular formula is C34H38F34NO6P. The van der Waals surface area contributed by atoms with Crippen molar-refractivity contribution in [3.8, 4) is 0 Å². The van der Waals surface area contributed by atoms with Crippen LogP contribution in [-0.4, -0.2) is 167 Å². The topological polar surface area (TPSA) is 77.1 Å². The van der Waals surface area contributed by atoms with E-state index in [1.807, 2.05) is 0 Å². The molecule has 0 spiro atoms. The molecule has 0 saturated heterocycles. The van der Waals surface area contributed by atoms with Crippen molar-refractivity contribution in [3.05, 3.63) is 0 Å². The third-order valence-electron chi connectivity index (χ3n) is 10.1. The molecule has 0 aliphatic carbocycles. The normalized spacial score (nSPS) is 17.1. The van der Waals surface area contributed by atoms with Gasteiger partial charge in [0.05, 0.1) is 34.4 Å². The van der Waals surface area contributed by atoms with E-state index in [-0.39, 0.29) is 11.0 Å². The van der Waals surface area contributed by atoms with Crippen LogP contribution < -0.4 is 4.89 Å². The van der Waals surface area contributed by atoms with Crippen LogP contribution in [0.3, 0.4) is 0 Å². The maximum absolute atomic E-state index is 14.2. The number of rotatable bonds is 34. The largest absolute Gasteiger partial charge is 0.756 e. The molecule has 0 bridgehead atoms. The van der Waals surface area contributed by atoms with Gasteiger partial charge in [-0.1, -0.05) is 12.8 Å². The Kier molecular flexibility index (Phi) is 22.5. The number of phosphoric ester groups is 1. The predicted molar refractivity (Wildman–Crippen MR) is 181 cm³/mol. The number of unbranched alkanes of at least 4 members (excludes halogenated alkanes) is 4. The molecule has 42 heteroatoms. The number of hydrogen-bond acceptors (Lipinski definition) is 6. The first kappa shape index (κ1) is 73.6. The minimum absolute atomic E-state index is 0.0346. The Morgan fingerprint density at radius 1 is 0.368 bits per heavy atom. The van der Waals surface area contributed by atoms with Gasteiger partial charge in [0.15, 0.2) is 0 Å². The Balaban J connectivity index is 5.97. The Morgan fingerprint density at radius 3 is 0.961 bits per heavy atom. The summed E-state index contributed by atoms with van der Waals surface area (Å²) in [7, 11) is -0.753. The molecule has 0 heterocycles. The zero-order chi connectivity index (χ0) is 61.3. The van der Waals surface area contributed by atoms with Gasteiger partial charge in [-0.3, -0.25) is 4.57 Å². The number of likely N-dealkylation sites (N-methyl/N-ethyl adjacent to an activating group) is 1. The van der Waals surface area contributed by atoms with Gasteiger partial charge in [0, 0.05) is 26.1 Å². The van der Waals surface area contributed by atoms with Gasteiger partial charge in [-0.25, -0.2) is 0 Å². The molecule has 2 atom stereocenters. The molecule has 0 aliphatic heterocycles. The van der Waals surface area contributed by atoms with Crippen LogP contribution in [0.1, 0.15) is 51.4 Å². The molecule has 0 fully saturated rings. The van der Waals surface area contributed by atoms with Crippen molar-refractivity contribution in [1.82, 2.24) is 0 Å². The second kappa shape index (κ2) is 23.2. The monoisotopic (exact) mass is 1230 g/mol. The van der Waals surface area contributed by atoms with E-state index in [1.54, 1.807) is 0 Å². The fourth-order valence-corrected chi connectivity index (χ4v) is 6.04. The minimum Gasteiger partial charge on any atom is -0.756 e. The van der Waals surface area contributed by atoms with Gasteiger partial charge < -0.3 is 27.9 Å². The first-order valence-electron chi connectivity index (χ1n) is 20.0. The van der Waals surface area contributed by atoms with Crippen LogP contribution >= 0.6 is 7.82 Å². The molecule has 76 heavy (non-hydrogen) atoms. The quantitative estimate of drug-likeness (QED) is 0.0277. The number of halogens is 34. The fourth-order valence-electron chi connectivity index (χ4n) is 5.31. The molecule has 0 aromatic heterocycles. The van der Waals surface area contributed by atoms with Gasteiger partial charge in [-0.05, 0) is 25.7 Å². The molecule has 0 aromatic rings. The number of phosphoric acid groups is 1. The molecule has 0 amide bonds. The van der Waals surface area contributed by atoms with Gasteiger partial charge in [0.1, 0.15) is 19.3 Å². The Labute approximate surface area is 403 Å². The molecule has 458 valence electrons. The van der Waals surface area contributed by atoms with Gasteiger partial charge in [-0.15, -0.1) is 0 Å². The van der Waals surface area contributed by atoms with E-state index in [2.05, 4.69) is 9.05 Å². The first-order valence-corrected chi connectivity index (χ1v) is 21.5. The van der Waals surface area contributed by atoms with Crippen LogP contribution in [0.5, 0.6) is 0 Å². The van der Waals surface area contributed by atoms with E-state index < -0.39 is 194 Å². The lowest BCUT2D eigenvalue weighted by molar-refractivity contribution is -0.870. The Morgan fingerprint density at radius 2 is 0.658 bits per heavy atom. The summed E-state index contributed by atoms with van der Waals surface area (Å²) in [5.41, 5.74) is 0. The summed E-state index contributed by atoms with van der Waals surface area (Å²) in [6, 6.07) is 0. The van der Waals surface area contributed by atoms with Gasteiger partial charge >= 0.3 is 95.3 Å². The molecule has 0 radical (unpaired) electrons. The van der Waals surface area contributed by atoms with Gasteiger partial charge in [0.2, 0.25) is 0 Å². The number of quaternary nitrogens is 1. The Hall–Kier alpha value is -2.39. The second-order valence-electron chi connectivity index (χ2n) is 17.1. The van der Waals surface area contributed by atoms with Crippen LogP contribution in [-0.2, 0) is 23.1 Å². The van der Waals surface area contributed by atoms with Crippen molar-refractivity contribution in [3.63, 3.8) is 0 Å². The van der Waals surface area contributed by atoms with Gasteiger partial charge in [-0.2, -0.15) is 149 Å². The molecular weight excluding hydrogens is 1200 g/mol. The zero-order valence-corrected chi connectivity index (χ0v) is 38.6. The van der Waals surface area contributed by atoms with Crippen LogP contribution in [0.25, 0.3) is 0 Å². The SMILES string of the molecule is C[N+](C)(C)CCOP(=O)([O-])OCC(COCCCCCC(F)(F)C(F)(F)C(F)(F)C(F)(F)C(F)(F)C(F)(F)C(F)(F)C(F)(F)F)OCCCCCC(F)(F)C(F)(F)C(F)(F)C(F)(F)C(F)(F)C(F)(F)C(F)(F)C(F)(F)F.